The molecule has 31 heavy (non-hydrogen) atoms. The van der Waals surface area contributed by atoms with Gasteiger partial charge in [0.25, 0.3) is 0 Å². The first kappa shape index (κ1) is 26.4. The van der Waals surface area contributed by atoms with E-state index >= 15 is 0 Å². The number of nitrogens with one attached hydrogen (secondary N) is 1. The van der Waals surface area contributed by atoms with Crippen molar-refractivity contribution >= 4 is 29.9 Å². The van der Waals surface area contributed by atoms with Gasteiger partial charge >= 0.3 is 0 Å². The van der Waals surface area contributed by atoms with Crippen molar-refractivity contribution in [1.29, 1.82) is 0 Å². The largest absolute Gasteiger partial charge is 0.377 e. The van der Waals surface area contributed by atoms with E-state index in [0.717, 1.165) is 64.7 Å². The molecule has 1 N–H and O–H groups in total. The van der Waals surface area contributed by atoms with E-state index in [2.05, 4.69) is 41.4 Å². The van der Waals surface area contributed by atoms with E-state index in [1.54, 1.807) is 0 Å². The Morgan fingerprint density at radius 1 is 1.10 bits per heavy atom. The molecule has 0 aromatic heterocycles. The van der Waals surface area contributed by atoms with E-state index in [4.69, 9.17) is 19.2 Å². The SMILES string of the molecule is CCNC(=NCc1ccc(COCC)cc1)N1CCC(OCC2CCCCO2)CC1.I. The van der Waals surface area contributed by atoms with Gasteiger partial charge < -0.3 is 24.4 Å². The van der Waals surface area contributed by atoms with E-state index in [1.807, 2.05) is 6.92 Å². The first-order valence-electron chi connectivity index (χ1n) is 11.7. The number of piperidine rings is 1. The Morgan fingerprint density at radius 2 is 1.84 bits per heavy atom. The van der Waals surface area contributed by atoms with E-state index < -0.39 is 0 Å². The molecule has 0 aliphatic carbocycles. The van der Waals surface area contributed by atoms with Crippen LogP contribution in [-0.4, -0.2) is 62.5 Å². The van der Waals surface area contributed by atoms with Crippen LogP contribution in [0.5, 0.6) is 0 Å². The maximum absolute atomic E-state index is 6.16. The molecular formula is C24H40IN3O3. The maximum atomic E-state index is 6.16. The molecule has 1 atom stereocenters. The third-order valence-electron chi connectivity index (χ3n) is 5.78. The Balaban J connectivity index is 0.00000341. The Kier molecular flexibility index (Phi) is 12.8. The summed E-state index contributed by atoms with van der Waals surface area (Å²) in [6.45, 7) is 10.7. The maximum Gasteiger partial charge on any atom is 0.194 e. The second kappa shape index (κ2) is 15.0. The highest BCUT2D eigenvalue weighted by molar-refractivity contribution is 14.0. The number of rotatable bonds is 9. The van der Waals surface area contributed by atoms with Crippen LogP contribution in [0, 0.1) is 0 Å². The molecule has 1 unspecified atom stereocenters. The molecule has 0 saturated carbocycles. The summed E-state index contributed by atoms with van der Waals surface area (Å²) in [5.41, 5.74) is 2.42. The van der Waals surface area contributed by atoms with E-state index in [1.165, 1.54) is 24.0 Å². The van der Waals surface area contributed by atoms with Crippen LogP contribution in [-0.2, 0) is 27.4 Å². The number of nitrogens with zero attached hydrogens (tertiary/aromatic N) is 2. The zero-order valence-corrected chi connectivity index (χ0v) is 21.5. The second-order valence-corrected chi connectivity index (χ2v) is 8.13. The highest BCUT2D eigenvalue weighted by atomic mass is 127. The number of halogens is 1. The third kappa shape index (κ3) is 9.24. The van der Waals surface area contributed by atoms with Crippen molar-refractivity contribution in [2.75, 3.05) is 39.5 Å². The quantitative estimate of drug-likeness (QED) is 0.284. The summed E-state index contributed by atoms with van der Waals surface area (Å²) >= 11 is 0. The molecule has 2 fully saturated rings. The van der Waals surface area contributed by atoms with Crippen molar-refractivity contribution in [2.24, 2.45) is 4.99 Å². The van der Waals surface area contributed by atoms with Crippen LogP contribution >= 0.6 is 24.0 Å². The lowest BCUT2D eigenvalue weighted by Gasteiger charge is -2.35. The van der Waals surface area contributed by atoms with Crippen LogP contribution in [0.15, 0.2) is 29.3 Å². The van der Waals surface area contributed by atoms with Crippen molar-refractivity contribution < 1.29 is 14.2 Å². The second-order valence-electron chi connectivity index (χ2n) is 8.13. The Bertz CT molecular complexity index is 627. The highest BCUT2D eigenvalue weighted by Gasteiger charge is 2.23. The molecule has 0 amide bonds. The smallest absolute Gasteiger partial charge is 0.194 e. The van der Waals surface area contributed by atoms with Crippen LogP contribution in [0.1, 0.15) is 57.1 Å². The number of benzene rings is 1. The molecule has 1 aromatic carbocycles. The number of likely N-dealkylation sites (tertiary alicyclic amines) is 1. The zero-order chi connectivity index (χ0) is 21.0. The normalized spacial score (nSPS) is 20.4. The molecule has 0 radical (unpaired) electrons. The third-order valence-corrected chi connectivity index (χ3v) is 5.78. The van der Waals surface area contributed by atoms with E-state index in [9.17, 15) is 0 Å². The Labute approximate surface area is 205 Å². The minimum atomic E-state index is 0. The van der Waals surface area contributed by atoms with Crippen LogP contribution in [0.3, 0.4) is 0 Å². The van der Waals surface area contributed by atoms with Crippen molar-refractivity contribution in [2.45, 2.75) is 71.3 Å². The summed E-state index contributed by atoms with van der Waals surface area (Å²) in [5, 5.41) is 3.46. The highest BCUT2D eigenvalue weighted by Crippen LogP contribution is 2.18. The minimum absolute atomic E-state index is 0. The summed E-state index contributed by atoms with van der Waals surface area (Å²) in [4.78, 5) is 7.25. The van der Waals surface area contributed by atoms with Gasteiger partial charge in [-0.05, 0) is 57.1 Å². The molecular weight excluding hydrogens is 505 g/mol. The molecule has 0 bridgehead atoms. The molecule has 2 saturated heterocycles. The lowest BCUT2D eigenvalue weighted by Crippen LogP contribution is -2.47. The van der Waals surface area contributed by atoms with Crippen molar-refractivity contribution in [3.8, 4) is 0 Å². The number of aliphatic imine (C=N–C) groups is 1. The topological polar surface area (TPSA) is 55.3 Å². The van der Waals surface area contributed by atoms with Crippen LogP contribution in [0.4, 0.5) is 0 Å². The molecule has 2 aliphatic rings. The summed E-state index contributed by atoms with van der Waals surface area (Å²) in [5.74, 6) is 1.00. The minimum Gasteiger partial charge on any atom is -0.377 e. The molecule has 2 aliphatic heterocycles. The fourth-order valence-corrected chi connectivity index (χ4v) is 3.97. The summed E-state index contributed by atoms with van der Waals surface area (Å²) < 4.78 is 17.4. The van der Waals surface area contributed by atoms with Crippen molar-refractivity contribution in [3.05, 3.63) is 35.4 Å². The summed E-state index contributed by atoms with van der Waals surface area (Å²) in [7, 11) is 0. The molecule has 1 aromatic rings. The lowest BCUT2D eigenvalue weighted by molar-refractivity contribution is -0.0721. The van der Waals surface area contributed by atoms with E-state index in [0.29, 0.717) is 25.4 Å². The number of hydrogen-bond donors (Lipinski definition) is 1. The molecule has 6 nitrogen and oxygen atoms in total. The average molecular weight is 546 g/mol. The van der Waals surface area contributed by atoms with Gasteiger partial charge in [-0.1, -0.05) is 24.3 Å². The van der Waals surface area contributed by atoms with Gasteiger partial charge in [0.15, 0.2) is 5.96 Å². The van der Waals surface area contributed by atoms with Gasteiger partial charge in [-0.15, -0.1) is 24.0 Å². The molecule has 0 spiro atoms. The van der Waals surface area contributed by atoms with Crippen LogP contribution in [0.2, 0.25) is 0 Å². The van der Waals surface area contributed by atoms with Gasteiger partial charge in [0.1, 0.15) is 0 Å². The van der Waals surface area contributed by atoms with Crippen molar-refractivity contribution in [1.82, 2.24) is 10.2 Å². The van der Waals surface area contributed by atoms with Gasteiger partial charge in [0.05, 0.1) is 32.0 Å². The molecule has 2 heterocycles. The summed E-state index contributed by atoms with van der Waals surface area (Å²) in [6.07, 6.45) is 6.33. The molecule has 3 rings (SSSR count). The predicted octanol–water partition coefficient (Wildman–Crippen LogP) is 4.36. The van der Waals surface area contributed by atoms with E-state index in [-0.39, 0.29) is 24.0 Å². The van der Waals surface area contributed by atoms with Crippen molar-refractivity contribution in [3.63, 3.8) is 0 Å². The van der Waals surface area contributed by atoms with Gasteiger partial charge in [0, 0.05) is 32.8 Å². The fourth-order valence-electron chi connectivity index (χ4n) is 3.97. The Morgan fingerprint density at radius 3 is 2.48 bits per heavy atom. The fraction of sp³-hybridized carbons (Fsp3) is 0.708. The van der Waals surface area contributed by atoms with Gasteiger partial charge in [-0.2, -0.15) is 0 Å². The van der Waals surface area contributed by atoms with Gasteiger partial charge in [0.2, 0.25) is 0 Å². The van der Waals surface area contributed by atoms with Crippen LogP contribution < -0.4 is 5.32 Å². The number of ether oxygens (including phenoxy) is 3. The average Bonchev–Trinajstić information content (AvgIpc) is 2.81. The monoisotopic (exact) mass is 545 g/mol. The predicted molar refractivity (Wildman–Crippen MR) is 136 cm³/mol. The standard InChI is InChI=1S/C24H39N3O3.HI/c1-3-25-24(26-17-20-8-10-21(11-9-20)18-28-4-2)27-14-12-22(13-15-27)30-19-23-7-5-6-16-29-23;/h8-11,22-23H,3-7,12-19H2,1-2H3,(H,25,26);1H. The first-order valence-corrected chi connectivity index (χ1v) is 11.7. The molecule has 7 heteroatoms. The van der Waals surface area contributed by atoms with Gasteiger partial charge in [-0.3, -0.25) is 0 Å². The summed E-state index contributed by atoms with van der Waals surface area (Å²) in [6, 6.07) is 8.56. The number of hydrogen-bond acceptors (Lipinski definition) is 4. The van der Waals surface area contributed by atoms with Crippen LogP contribution in [0.25, 0.3) is 0 Å². The zero-order valence-electron chi connectivity index (χ0n) is 19.2. The van der Waals surface area contributed by atoms with Gasteiger partial charge in [-0.25, -0.2) is 4.99 Å². The first-order chi connectivity index (χ1) is 14.8. The lowest BCUT2D eigenvalue weighted by atomic mass is 10.1. The molecule has 176 valence electrons. The Hall–Kier alpha value is -0.900. The number of guanidine groups is 1.